The minimum Gasteiger partial charge on any atom is -1.00 e. The van der Waals surface area contributed by atoms with Gasteiger partial charge in [0.15, 0.2) is 11.3 Å². The third-order valence-electron chi connectivity index (χ3n) is 2.11. The van der Waals surface area contributed by atoms with E-state index in [-0.39, 0.29) is 34.4 Å². The summed E-state index contributed by atoms with van der Waals surface area (Å²) in [7, 11) is 3.18. The van der Waals surface area contributed by atoms with Gasteiger partial charge in [0.2, 0.25) is 0 Å². The Morgan fingerprint density at radius 2 is 2.00 bits per heavy atom. The molecule has 0 heterocycles. The quantitative estimate of drug-likeness (QED) is 0.591. The van der Waals surface area contributed by atoms with E-state index in [4.69, 9.17) is 21.1 Å². The van der Waals surface area contributed by atoms with Crippen LogP contribution in [0.5, 0.6) is 11.5 Å². The van der Waals surface area contributed by atoms with Crippen LogP contribution in [0, 0.1) is 0 Å². The second kappa shape index (κ2) is 8.46. The van der Waals surface area contributed by atoms with Gasteiger partial charge in [-0.15, -0.1) is 0 Å². The third-order valence-corrected chi connectivity index (χ3v) is 3.91. The number of halogens is 2. The van der Waals surface area contributed by atoms with Crippen LogP contribution in [0.1, 0.15) is 18.7 Å². The third kappa shape index (κ3) is 3.89. The molecular formula is C11H14BrClLiO3P. The van der Waals surface area contributed by atoms with E-state index in [0.717, 1.165) is 6.16 Å². The number of carbonyl (C=O) groups excluding carboxylic acids is 1. The largest absolute Gasteiger partial charge is 1.00 e. The molecule has 0 N–H and O–H groups in total. The van der Waals surface area contributed by atoms with Crippen molar-refractivity contribution in [3.05, 3.63) is 21.1 Å². The van der Waals surface area contributed by atoms with Crippen molar-refractivity contribution in [2.24, 2.45) is 0 Å². The van der Waals surface area contributed by atoms with Gasteiger partial charge in [-0.05, 0) is 36.7 Å². The van der Waals surface area contributed by atoms with Gasteiger partial charge in [-0.25, -0.2) is 0 Å². The van der Waals surface area contributed by atoms with Gasteiger partial charge in [0.1, 0.15) is 11.3 Å². The number of hydrogen-bond donors (Lipinski definition) is 0. The molecular weight excluding hydrogens is 333 g/mol. The predicted octanol–water partition coefficient (Wildman–Crippen LogP) is 1.07. The van der Waals surface area contributed by atoms with Crippen LogP contribution in [0.3, 0.4) is 0 Å². The molecule has 0 bridgehead atoms. The number of benzene rings is 1. The van der Waals surface area contributed by atoms with Crippen LogP contribution >= 0.6 is 36.1 Å². The minimum atomic E-state index is -0.00981. The van der Waals surface area contributed by atoms with Gasteiger partial charge in [-0.3, -0.25) is 4.79 Å². The van der Waals surface area contributed by atoms with Crippen molar-refractivity contribution in [2.75, 3.05) is 20.4 Å². The average molecular weight is 348 g/mol. The Balaban J connectivity index is 0. The van der Waals surface area contributed by atoms with Gasteiger partial charge >= 0.3 is 18.9 Å². The first-order valence-electron chi connectivity index (χ1n) is 4.94. The van der Waals surface area contributed by atoms with E-state index in [1.165, 1.54) is 14.2 Å². The Labute approximate surface area is 136 Å². The molecule has 3 nitrogen and oxygen atoms in total. The number of methoxy groups -OCH3 is 2. The van der Waals surface area contributed by atoms with E-state index in [0.29, 0.717) is 26.6 Å². The zero-order valence-electron chi connectivity index (χ0n) is 11.8. The van der Waals surface area contributed by atoms with Crippen LogP contribution in [0.15, 0.2) is 10.5 Å². The zero-order chi connectivity index (χ0) is 13.0. The molecule has 1 atom stereocenters. The molecule has 0 amide bonds. The number of ether oxygens (including phenoxy) is 2. The molecule has 7 heteroatoms. The first-order valence-corrected chi connectivity index (χ1v) is 7.32. The summed E-state index contributed by atoms with van der Waals surface area (Å²) in [6, 6.07) is 1.66. The summed E-state index contributed by atoms with van der Waals surface area (Å²) >= 11 is 9.38. The SMILES string of the molecule is CCPC(=O)c1c(OC)c(Cl)cc(Br)c1OC.[H-].[Li+]. The molecule has 18 heavy (non-hydrogen) atoms. The minimum absolute atomic E-state index is 0. The average Bonchev–Trinajstić information content (AvgIpc) is 2.28. The van der Waals surface area contributed by atoms with E-state index in [1.54, 1.807) is 6.07 Å². The predicted molar refractivity (Wildman–Crippen MR) is 76.6 cm³/mol. The van der Waals surface area contributed by atoms with Crippen molar-refractivity contribution in [1.82, 2.24) is 0 Å². The van der Waals surface area contributed by atoms with Crippen LogP contribution in [0.4, 0.5) is 0 Å². The fourth-order valence-electron chi connectivity index (χ4n) is 1.44. The van der Waals surface area contributed by atoms with E-state index in [9.17, 15) is 4.79 Å². The topological polar surface area (TPSA) is 35.5 Å². The summed E-state index contributed by atoms with van der Waals surface area (Å²) in [5.41, 5.74) is 0.402. The second-order valence-corrected chi connectivity index (χ2v) is 5.92. The smallest absolute Gasteiger partial charge is 1.00 e. The molecule has 0 aliphatic rings. The van der Waals surface area contributed by atoms with Crippen molar-refractivity contribution in [2.45, 2.75) is 6.92 Å². The first kappa shape index (κ1) is 18.3. The monoisotopic (exact) mass is 346 g/mol. The van der Waals surface area contributed by atoms with Crippen LogP contribution in [0.2, 0.25) is 5.02 Å². The molecule has 0 fully saturated rings. The molecule has 0 aliphatic heterocycles. The molecule has 1 aromatic carbocycles. The zero-order valence-corrected chi connectivity index (χ0v) is 14.1. The summed E-state index contributed by atoms with van der Waals surface area (Å²) in [6.07, 6.45) is 0.787. The normalized spacial score (nSPS) is 10.3. The Kier molecular flexibility index (Phi) is 8.59. The first-order chi connectivity index (χ1) is 8.06. The van der Waals surface area contributed by atoms with Gasteiger partial charge < -0.3 is 10.9 Å². The molecule has 1 rings (SSSR count). The van der Waals surface area contributed by atoms with Gasteiger partial charge in [0, 0.05) is 0 Å². The Bertz CT molecular complexity index is 420. The molecule has 0 saturated heterocycles. The molecule has 1 unspecified atom stereocenters. The maximum absolute atomic E-state index is 12.1. The number of rotatable bonds is 5. The van der Waals surface area contributed by atoms with Gasteiger partial charge in [-0.1, -0.05) is 18.5 Å². The molecule has 0 spiro atoms. The number of hydrogen-bond acceptors (Lipinski definition) is 3. The Morgan fingerprint density at radius 3 is 2.44 bits per heavy atom. The second-order valence-electron chi connectivity index (χ2n) is 3.14. The van der Waals surface area contributed by atoms with E-state index in [1.807, 2.05) is 6.92 Å². The van der Waals surface area contributed by atoms with E-state index < -0.39 is 0 Å². The fraction of sp³-hybridized carbons (Fsp3) is 0.364. The summed E-state index contributed by atoms with van der Waals surface area (Å²) in [4.78, 5) is 12.1. The standard InChI is InChI=1S/C11H13BrClO3P.Li.H/c1-4-17-11(14)8-9(15-2)6(12)5-7(13)10(8)16-3;;/h5,17H,4H2,1-3H3;;/q;+1;-1. The molecule has 0 aliphatic carbocycles. The molecule has 0 aromatic heterocycles. The van der Waals surface area contributed by atoms with Gasteiger partial charge in [-0.2, -0.15) is 0 Å². The fourth-order valence-corrected chi connectivity index (χ4v) is 3.17. The van der Waals surface area contributed by atoms with Crippen LogP contribution in [-0.4, -0.2) is 25.9 Å². The number of carbonyl (C=O) groups is 1. The van der Waals surface area contributed by atoms with Crippen molar-refractivity contribution >= 4 is 41.6 Å². The van der Waals surface area contributed by atoms with Gasteiger partial charge in [0.25, 0.3) is 0 Å². The Hall–Kier alpha value is 0.287. The van der Waals surface area contributed by atoms with Crippen molar-refractivity contribution in [1.29, 1.82) is 0 Å². The molecule has 1 aromatic rings. The van der Waals surface area contributed by atoms with Crippen LogP contribution < -0.4 is 28.3 Å². The maximum atomic E-state index is 12.1. The summed E-state index contributed by atoms with van der Waals surface area (Å²) < 4.78 is 11.1. The summed E-state index contributed by atoms with van der Waals surface area (Å²) in [6.45, 7) is 1.95. The summed E-state index contributed by atoms with van der Waals surface area (Å²) in [5, 5.41) is 0.393. The maximum Gasteiger partial charge on any atom is 1.00 e. The van der Waals surface area contributed by atoms with Gasteiger partial charge in [0.05, 0.1) is 23.7 Å². The van der Waals surface area contributed by atoms with E-state index >= 15 is 0 Å². The van der Waals surface area contributed by atoms with Crippen molar-refractivity contribution in [3.63, 3.8) is 0 Å². The van der Waals surface area contributed by atoms with E-state index in [2.05, 4.69) is 15.9 Å². The molecule has 0 radical (unpaired) electrons. The summed E-state index contributed by atoms with van der Waals surface area (Å²) in [5.74, 6) is 0.842. The van der Waals surface area contributed by atoms with Crippen LogP contribution in [0.25, 0.3) is 0 Å². The molecule has 96 valence electrons. The van der Waals surface area contributed by atoms with Crippen molar-refractivity contribution in [3.8, 4) is 11.5 Å². The molecule has 0 saturated carbocycles. The van der Waals surface area contributed by atoms with Crippen LogP contribution in [-0.2, 0) is 0 Å². The Morgan fingerprint density at radius 1 is 1.44 bits per heavy atom. The van der Waals surface area contributed by atoms with Crippen molar-refractivity contribution < 1.29 is 34.6 Å².